The fourth-order valence-corrected chi connectivity index (χ4v) is 1.28. The van der Waals surface area contributed by atoms with Gasteiger partial charge in [0.25, 0.3) is 0 Å². The van der Waals surface area contributed by atoms with E-state index in [9.17, 15) is 9.18 Å². The number of carbonyl (C=O) groups is 1. The van der Waals surface area contributed by atoms with E-state index in [1.54, 1.807) is 19.3 Å². The number of hydrogen-bond acceptors (Lipinski definition) is 3. The summed E-state index contributed by atoms with van der Waals surface area (Å²) in [6, 6.07) is 4.24. The fourth-order valence-electron chi connectivity index (χ4n) is 1.28. The van der Waals surface area contributed by atoms with Crippen molar-refractivity contribution >= 4 is 6.29 Å². The van der Waals surface area contributed by atoms with Crippen molar-refractivity contribution in [2.75, 3.05) is 0 Å². The molecule has 0 amide bonds. The van der Waals surface area contributed by atoms with E-state index in [4.69, 9.17) is 0 Å². The maximum Gasteiger partial charge on any atom is 0.150 e. The van der Waals surface area contributed by atoms with Gasteiger partial charge in [0.15, 0.2) is 0 Å². The molecule has 0 aliphatic carbocycles. The molecule has 0 fully saturated rings. The Morgan fingerprint density at radius 2 is 2.27 bits per heavy atom. The zero-order valence-corrected chi connectivity index (χ0v) is 8.01. The van der Waals surface area contributed by atoms with Crippen molar-refractivity contribution in [3.05, 3.63) is 35.8 Å². The van der Waals surface area contributed by atoms with Crippen molar-refractivity contribution in [2.45, 2.75) is 0 Å². The molecule has 1 aromatic carbocycles. The lowest BCUT2D eigenvalue weighted by Gasteiger charge is -1.98. The Kier molecular flexibility index (Phi) is 2.29. The van der Waals surface area contributed by atoms with E-state index < -0.39 is 5.82 Å². The van der Waals surface area contributed by atoms with Gasteiger partial charge in [0.1, 0.15) is 17.8 Å². The fraction of sp³-hybridized carbons (Fsp3) is 0.100. The second kappa shape index (κ2) is 3.61. The van der Waals surface area contributed by atoms with Gasteiger partial charge >= 0.3 is 0 Å². The van der Waals surface area contributed by atoms with Crippen LogP contribution in [-0.4, -0.2) is 21.3 Å². The van der Waals surface area contributed by atoms with Crippen LogP contribution in [0.1, 0.15) is 10.4 Å². The molecule has 2 aromatic rings. The summed E-state index contributed by atoms with van der Waals surface area (Å²) in [6.45, 7) is 0. The van der Waals surface area contributed by atoms with Crippen LogP contribution in [0.25, 0.3) is 11.3 Å². The first-order chi connectivity index (χ1) is 7.20. The van der Waals surface area contributed by atoms with Crippen molar-refractivity contribution in [2.24, 2.45) is 7.05 Å². The molecule has 0 bridgehead atoms. The predicted octanol–water partition coefficient (Wildman–Crippen LogP) is 1.43. The van der Waals surface area contributed by atoms with Crippen molar-refractivity contribution in [3.63, 3.8) is 0 Å². The van der Waals surface area contributed by atoms with Crippen molar-refractivity contribution in [3.8, 4) is 11.3 Å². The summed E-state index contributed by atoms with van der Waals surface area (Å²) in [6.07, 6.45) is 2.21. The molecule has 76 valence electrons. The average molecular weight is 205 g/mol. The highest BCUT2D eigenvalue weighted by atomic mass is 19.1. The number of rotatable bonds is 2. The van der Waals surface area contributed by atoms with E-state index in [1.165, 1.54) is 16.8 Å². The Labute approximate surface area is 85.3 Å². The molecule has 0 radical (unpaired) electrons. The number of aromatic nitrogens is 3. The Bertz CT molecular complexity index is 507. The van der Waals surface area contributed by atoms with Crippen molar-refractivity contribution in [1.29, 1.82) is 0 Å². The SMILES string of the molecule is Cn1cc(-c2ccc(C=O)cc2F)nn1. The van der Waals surface area contributed by atoms with Crippen molar-refractivity contribution < 1.29 is 9.18 Å². The minimum Gasteiger partial charge on any atom is -0.298 e. The van der Waals surface area contributed by atoms with Crippen LogP contribution in [-0.2, 0) is 7.05 Å². The van der Waals surface area contributed by atoms with Gasteiger partial charge in [-0.15, -0.1) is 5.10 Å². The minimum absolute atomic E-state index is 0.306. The molecule has 0 saturated carbocycles. The molecule has 0 aliphatic rings. The molecule has 0 saturated heterocycles. The van der Waals surface area contributed by atoms with Gasteiger partial charge < -0.3 is 0 Å². The molecule has 0 aliphatic heterocycles. The Hall–Kier alpha value is -2.04. The van der Waals surface area contributed by atoms with Gasteiger partial charge in [-0.1, -0.05) is 11.3 Å². The molecule has 2 rings (SSSR count). The van der Waals surface area contributed by atoms with Gasteiger partial charge in [-0.25, -0.2) is 4.39 Å². The van der Waals surface area contributed by atoms with E-state index in [0.29, 0.717) is 23.1 Å². The molecular formula is C10H8FN3O. The van der Waals surface area contributed by atoms with E-state index in [0.717, 1.165) is 0 Å². The maximum absolute atomic E-state index is 13.5. The number of hydrogen-bond donors (Lipinski definition) is 0. The second-order valence-corrected chi connectivity index (χ2v) is 3.13. The third-order valence-corrected chi connectivity index (χ3v) is 2.01. The monoisotopic (exact) mass is 205 g/mol. The van der Waals surface area contributed by atoms with Crippen LogP contribution in [0.15, 0.2) is 24.4 Å². The third-order valence-electron chi connectivity index (χ3n) is 2.01. The van der Waals surface area contributed by atoms with E-state index in [1.807, 2.05) is 0 Å². The summed E-state index contributed by atoms with van der Waals surface area (Å²) < 4.78 is 15.0. The molecule has 15 heavy (non-hydrogen) atoms. The topological polar surface area (TPSA) is 47.8 Å². The minimum atomic E-state index is -0.472. The number of benzene rings is 1. The van der Waals surface area contributed by atoms with Crippen LogP contribution in [0.5, 0.6) is 0 Å². The lowest BCUT2D eigenvalue weighted by atomic mass is 10.1. The molecule has 1 heterocycles. The van der Waals surface area contributed by atoms with Crippen LogP contribution in [0, 0.1) is 5.82 Å². The molecule has 5 heteroatoms. The smallest absolute Gasteiger partial charge is 0.150 e. The van der Waals surface area contributed by atoms with Crippen LogP contribution < -0.4 is 0 Å². The van der Waals surface area contributed by atoms with Crippen LogP contribution in [0.2, 0.25) is 0 Å². The summed E-state index contributed by atoms with van der Waals surface area (Å²) in [4.78, 5) is 10.4. The zero-order chi connectivity index (χ0) is 10.8. The number of halogens is 1. The molecule has 4 nitrogen and oxygen atoms in total. The predicted molar refractivity (Wildman–Crippen MR) is 51.8 cm³/mol. The largest absolute Gasteiger partial charge is 0.298 e. The highest BCUT2D eigenvalue weighted by molar-refractivity contribution is 5.76. The number of carbonyl (C=O) groups excluding carboxylic acids is 1. The quantitative estimate of drug-likeness (QED) is 0.697. The van der Waals surface area contributed by atoms with Gasteiger partial charge in [0, 0.05) is 18.2 Å². The highest BCUT2D eigenvalue weighted by Gasteiger charge is 2.08. The standard InChI is InChI=1S/C10H8FN3O/c1-14-5-10(12-13-14)8-3-2-7(6-15)4-9(8)11/h2-6H,1H3. The van der Waals surface area contributed by atoms with Gasteiger partial charge in [-0.2, -0.15) is 0 Å². The van der Waals surface area contributed by atoms with E-state index in [2.05, 4.69) is 10.3 Å². The Morgan fingerprint density at radius 3 is 2.80 bits per heavy atom. The van der Waals surface area contributed by atoms with Gasteiger partial charge in [-0.05, 0) is 12.1 Å². The maximum atomic E-state index is 13.5. The van der Waals surface area contributed by atoms with Crippen molar-refractivity contribution in [1.82, 2.24) is 15.0 Å². The van der Waals surface area contributed by atoms with Gasteiger partial charge in [0.05, 0.1) is 6.20 Å². The summed E-state index contributed by atoms with van der Waals surface area (Å²) in [5.41, 5.74) is 1.10. The number of nitrogens with zero attached hydrogens (tertiary/aromatic N) is 3. The number of aryl methyl sites for hydroxylation is 1. The molecule has 1 aromatic heterocycles. The van der Waals surface area contributed by atoms with Gasteiger partial charge in [0.2, 0.25) is 0 Å². The molecular weight excluding hydrogens is 197 g/mol. The Balaban J connectivity index is 2.49. The second-order valence-electron chi connectivity index (χ2n) is 3.13. The molecule has 0 unspecified atom stereocenters. The first-order valence-electron chi connectivity index (χ1n) is 4.32. The summed E-state index contributed by atoms with van der Waals surface area (Å²) >= 11 is 0. The number of aldehydes is 1. The first kappa shape index (κ1) is 9.51. The normalized spacial score (nSPS) is 10.3. The molecule has 0 atom stereocenters. The zero-order valence-electron chi connectivity index (χ0n) is 8.01. The van der Waals surface area contributed by atoms with Crippen LogP contribution in [0.3, 0.4) is 0 Å². The lowest BCUT2D eigenvalue weighted by molar-refractivity contribution is 0.112. The molecule has 0 N–H and O–H groups in total. The summed E-state index contributed by atoms with van der Waals surface area (Å²) in [5.74, 6) is -0.472. The lowest BCUT2D eigenvalue weighted by Crippen LogP contribution is -1.88. The summed E-state index contributed by atoms with van der Waals surface area (Å²) in [5, 5.41) is 7.49. The first-order valence-corrected chi connectivity index (χ1v) is 4.32. The average Bonchev–Trinajstić information content (AvgIpc) is 2.64. The Morgan fingerprint density at radius 1 is 1.47 bits per heavy atom. The van der Waals surface area contributed by atoms with Crippen LogP contribution in [0.4, 0.5) is 4.39 Å². The van der Waals surface area contributed by atoms with E-state index in [-0.39, 0.29) is 0 Å². The summed E-state index contributed by atoms with van der Waals surface area (Å²) in [7, 11) is 1.70. The third kappa shape index (κ3) is 1.76. The molecule has 0 spiro atoms. The highest BCUT2D eigenvalue weighted by Crippen LogP contribution is 2.20. The van der Waals surface area contributed by atoms with Gasteiger partial charge in [-0.3, -0.25) is 9.48 Å². The van der Waals surface area contributed by atoms with Crippen LogP contribution >= 0.6 is 0 Å². The van der Waals surface area contributed by atoms with E-state index >= 15 is 0 Å².